The van der Waals surface area contributed by atoms with Crippen LogP contribution in [-0.2, 0) is 11.3 Å². The van der Waals surface area contributed by atoms with Crippen LogP contribution >= 0.6 is 0 Å². The van der Waals surface area contributed by atoms with Crippen LogP contribution in [0, 0.1) is 5.82 Å². The van der Waals surface area contributed by atoms with Gasteiger partial charge in [0.2, 0.25) is 5.91 Å². The molecule has 5 heteroatoms. The summed E-state index contributed by atoms with van der Waals surface area (Å²) in [5, 5.41) is 2.73. The third-order valence-electron chi connectivity index (χ3n) is 5.23. The molecular weight excluding hydrogens is 379 g/mol. The predicted octanol–water partition coefficient (Wildman–Crippen LogP) is 4.41. The number of carbonyl (C=O) groups is 2. The van der Waals surface area contributed by atoms with Crippen LogP contribution in [0.4, 0.5) is 4.39 Å². The fraction of sp³-hybridized carbons (Fsp3) is 0.200. The summed E-state index contributed by atoms with van der Waals surface area (Å²) in [5.74, 6) is -0.704. The van der Waals surface area contributed by atoms with E-state index in [4.69, 9.17) is 0 Å². The zero-order valence-electron chi connectivity index (χ0n) is 16.6. The molecule has 1 N–H and O–H groups in total. The Hall–Kier alpha value is -3.47. The molecule has 0 aliphatic heterocycles. The number of nitrogens with zero attached hydrogens (tertiary/aromatic N) is 1. The van der Waals surface area contributed by atoms with E-state index in [1.54, 1.807) is 29.2 Å². The van der Waals surface area contributed by atoms with E-state index in [0.29, 0.717) is 12.1 Å². The Kier molecular flexibility index (Phi) is 5.89. The lowest BCUT2D eigenvalue weighted by Crippen LogP contribution is -2.41. The second-order valence-electron chi connectivity index (χ2n) is 7.51. The van der Waals surface area contributed by atoms with Gasteiger partial charge in [0.25, 0.3) is 5.91 Å². The third kappa shape index (κ3) is 4.92. The zero-order valence-corrected chi connectivity index (χ0v) is 16.6. The molecule has 0 bridgehead atoms. The minimum atomic E-state index is -0.298. The molecule has 4 rings (SSSR count). The van der Waals surface area contributed by atoms with Crippen LogP contribution in [0.5, 0.6) is 0 Å². The van der Waals surface area contributed by atoms with Gasteiger partial charge in [0.1, 0.15) is 5.82 Å². The first kappa shape index (κ1) is 19.8. The van der Waals surface area contributed by atoms with Gasteiger partial charge in [0.05, 0.1) is 6.54 Å². The maximum absolute atomic E-state index is 13.1. The highest BCUT2D eigenvalue weighted by Crippen LogP contribution is 2.28. The van der Waals surface area contributed by atoms with Crippen molar-refractivity contribution in [1.29, 1.82) is 0 Å². The number of rotatable bonds is 7. The second-order valence-corrected chi connectivity index (χ2v) is 7.51. The quantitative estimate of drug-likeness (QED) is 0.636. The van der Waals surface area contributed by atoms with Gasteiger partial charge in [-0.1, -0.05) is 54.6 Å². The topological polar surface area (TPSA) is 49.4 Å². The number of halogens is 1. The van der Waals surface area contributed by atoms with Gasteiger partial charge < -0.3 is 10.2 Å². The van der Waals surface area contributed by atoms with Crippen molar-refractivity contribution in [3.63, 3.8) is 0 Å². The molecule has 1 aliphatic carbocycles. The smallest absolute Gasteiger partial charge is 0.251 e. The van der Waals surface area contributed by atoms with Crippen molar-refractivity contribution >= 4 is 11.8 Å². The highest BCUT2D eigenvalue weighted by molar-refractivity contribution is 5.96. The van der Waals surface area contributed by atoms with Gasteiger partial charge in [0.15, 0.2) is 0 Å². The molecule has 2 amide bonds. The minimum Gasteiger partial charge on any atom is -0.343 e. The highest BCUT2D eigenvalue weighted by atomic mass is 19.1. The van der Waals surface area contributed by atoms with E-state index in [1.165, 1.54) is 12.1 Å². The van der Waals surface area contributed by atoms with E-state index in [9.17, 15) is 14.0 Å². The molecule has 0 unspecified atom stereocenters. The van der Waals surface area contributed by atoms with E-state index < -0.39 is 0 Å². The minimum absolute atomic E-state index is 0.0586. The predicted molar refractivity (Wildman–Crippen MR) is 114 cm³/mol. The van der Waals surface area contributed by atoms with Crippen molar-refractivity contribution < 1.29 is 14.0 Å². The Balaban J connectivity index is 1.35. The summed E-state index contributed by atoms with van der Waals surface area (Å²) in [6.07, 6.45) is 1.92. The molecule has 30 heavy (non-hydrogen) atoms. The van der Waals surface area contributed by atoms with E-state index in [2.05, 4.69) is 5.32 Å². The average molecular weight is 402 g/mol. The molecule has 152 valence electrons. The Labute approximate surface area is 175 Å². The van der Waals surface area contributed by atoms with E-state index in [0.717, 1.165) is 29.5 Å². The van der Waals surface area contributed by atoms with Gasteiger partial charge in [-0.15, -0.1) is 0 Å². The molecule has 1 aliphatic rings. The lowest BCUT2D eigenvalue weighted by molar-refractivity contribution is -0.131. The monoisotopic (exact) mass is 402 g/mol. The first-order valence-corrected chi connectivity index (χ1v) is 10.1. The summed E-state index contributed by atoms with van der Waals surface area (Å²) in [6, 6.07) is 23.6. The number of carbonyl (C=O) groups excluding carboxylic acids is 2. The van der Waals surface area contributed by atoms with Gasteiger partial charge in [0, 0.05) is 18.2 Å². The summed E-state index contributed by atoms with van der Waals surface area (Å²) < 4.78 is 13.1. The molecule has 0 spiro atoms. The summed E-state index contributed by atoms with van der Waals surface area (Å²) in [4.78, 5) is 27.0. The molecule has 3 aromatic rings. The zero-order chi connectivity index (χ0) is 20.9. The first-order chi connectivity index (χ1) is 14.6. The summed E-state index contributed by atoms with van der Waals surface area (Å²) in [7, 11) is 0. The number of amides is 2. The lowest BCUT2D eigenvalue weighted by atomic mass is 10.0. The van der Waals surface area contributed by atoms with Crippen LogP contribution in [0.15, 0.2) is 78.9 Å². The molecule has 0 radical (unpaired) electrons. The lowest BCUT2D eigenvalue weighted by Gasteiger charge is -2.23. The van der Waals surface area contributed by atoms with Gasteiger partial charge in [-0.05, 0) is 53.8 Å². The van der Waals surface area contributed by atoms with Crippen molar-refractivity contribution in [3.05, 3.63) is 95.8 Å². The molecule has 1 saturated carbocycles. The van der Waals surface area contributed by atoms with Crippen LogP contribution in [0.3, 0.4) is 0 Å². The molecular formula is C25H23FN2O2. The van der Waals surface area contributed by atoms with E-state index in [-0.39, 0.29) is 30.2 Å². The van der Waals surface area contributed by atoms with Crippen LogP contribution < -0.4 is 5.32 Å². The Morgan fingerprint density at radius 1 is 0.867 bits per heavy atom. The first-order valence-electron chi connectivity index (χ1n) is 10.1. The van der Waals surface area contributed by atoms with Crippen LogP contribution in [0.25, 0.3) is 11.1 Å². The number of nitrogens with one attached hydrogen (secondary N) is 1. The van der Waals surface area contributed by atoms with Gasteiger partial charge in [-0.3, -0.25) is 9.59 Å². The molecule has 0 heterocycles. The molecule has 0 saturated heterocycles. The van der Waals surface area contributed by atoms with Crippen LogP contribution in [-0.4, -0.2) is 29.3 Å². The molecule has 4 nitrogen and oxygen atoms in total. The van der Waals surface area contributed by atoms with Crippen molar-refractivity contribution in [3.8, 4) is 11.1 Å². The van der Waals surface area contributed by atoms with Gasteiger partial charge >= 0.3 is 0 Å². The number of hydrogen-bond donors (Lipinski definition) is 1. The number of benzene rings is 3. The standard InChI is InChI=1S/C25H23FN2O2/c26-22-12-6-18(7-13-22)17-28(23-14-15-23)24(29)16-27-25(30)21-10-8-20(9-11-21)19-4-2-1-3-5-19/h1-13,23H,14-17H2,(H,27,30). The van der Waals surface area contributed by atoms with Gasteiger partial charge in [-0.2, -0.15) is 0 Å². The normalized spacial score (nSPS) is 13.0. The molecule has 1 fully saturated rings. The second kappa shape index (κ2) is 8.91. The Morgan fingerprint density at radius 2 is 1.50 bits per heavy atom. The molecule has 0 atom stereocenters. The van der Waals surface area contributed by atoms with Gasteiger partial charge in [-0.25, -0.2) is 4.39 Å². The Morgan fingerprint density at radius 3 is 2.13 bits per heavy atom. The van der Waals surface area contributed by atoms with Crippen LogP contribution in [0.1, 0.15) is 28.8 Å². The Bertz CT molecular complexity index is 1010. The van der Waals surface area contributed by atoms with E-state index >= 15 is 0 Å². The van der Waals surface area contributed by atoms with Crippen molar-refractivity contribution in [2.75, 3.05) is 6.54 Å². The third-order valence-corrected chi connectivity index (χ3v) is 5.23. The summed E-state index contributed by atoms with van der Waals surface area (Å²) >= 11 is 0. The maximum atomic E-state index is 13.1. The summed E-state index contributed by atoms with van der Waals surface area (Å²) in [6.45, 7) is 0.363. The average Bonchev–Trinajstić information content (AvgIpc) is 3.63. The van der Waals surface area contributed by atoms with Crippen molar-refractivity contribution in [2.45, 2.75) is 25.4 Å². The van der Waals surface area contributed by atoms with Crippen molar-refractivity contribution in [1.82, 2.24) is 10.2 Å². The molecule has 3 aromatic carbocycles. The van der Waals surface area contributed by atoms with Crippen LogP contribution in [0.2, 0.25) is 0 Å². The van der Waals surface area contributed by atoms with Crippen molar-refractivity contribution in [2.24, 2.45) is 0 Å². The fourth-order valence-electron chi connectivity index (χ4n) is 3.40. The largest absolute Gasteiger partial charge is 0.343 e. The molecule has 0 aromatic heterocycles. The fourth-order valence-corrected chi connectivity index (χ4v) is 3.40. The SMILES string of the molecule is O=C(NCC(=O)N(Cc1ccc(F)cc1)C1CC1)c1ccc(-c2ccccc2)cc1. The summed E-state index contributed by atoms with van der Waals surface area (Å²) in [5.41, 5.74) is 3.50. The number of hydrogen-bond acceptors (Lipinski definition) is 2. The van der Waals surface area contributed by atoms with E-state index in [1.807, 2.05) is 42.5 Å². The highest BCUT2D eigenvalue weighted by Gasteiger charge is 2.32. The maximum Gasteiger partial charge on any atom is 0.251 e.